The van der Waals surface area contributed by atoms with Gasteiger partial charge in [0.15, 0.2) is 0 Å². The van der Waals surface area contributed by atoms with Crippen molar-refractivity contribution in [2.24, 2.45) is 0 Å². The number of carbonyl (C=O) groups is 2. The number of unbranched alkanes of at least 4 members (excludes halogenated alkanes) is 1. The summed E-state index contributed by atoms with van der Waals surface area (Å²) in [5.74, 6) is -0.0329. The average molecular weight is 416 g/mol. The molecule has 0 bridgehead atoms. The Morgan fingerprint density at radius 1 is 0.967 bits per heavy atom. The number of ether oxygens (including phenoxy) is 1. The molecule has 0 radical (unpaired) electrons. The molecule has 0 atom stereocenters. The van der Waals surface area contributed by atoms with Crippen LogP contribution in [0.5, 0.6) is 0 Å². The molecule has 0 unspecified atom stereocenters. The maximum atomic E-state index is 12.9. The molecule has 2 aliphatic heterocycles. The van der Waals surface area contributed by atoms with Crippen LogP contribution in [-0.2, 0) is 14.0 Å². The van der Waals surface area contributed by atoms with Crippen molar-refractivity contribution in [3.63, 3.8) is 0 Å². The molecule has 0 N–H and O–H groups in total. The molecule has 3 rings (SSSR count). The zero-order chi connectivity index (χ0) is 21.9. The number of hydrogen-bond acceptors (Lipinski definition) is 5. The normalized spacial score (nSPS) is 20.4. The number of amides is 2. The van der Waals surface area contributed by atoms with Gasteiger partial charge in [0.25, 0.3) is 5.91 Å². The van der Waals surface area contributed by atoms with E-state index in [0.717, 1.165) is 18.3 Å². The van der Waals surface area contributed by atoms with E-state index in [4.69, 9.17) is 14.0 Å². The number of rotatable bonds is 5. The highest BCUT2D eigenvalue weighted by Gasteiger charge is 2.51. The molecule has 30 heavy (non-hydrogen) atoms. The van der Waals surface area contributed by atoms with Crippen LogP contribution in [0.1, 0.15) is 57.8 Å². The van der Waals surface area contributed by atoms with Gasteiger partial charge in [-0.05, 0) is 51.7 Å². The minimum atomic E-state index is -0.443. The molecular formula is C22H33BN2O5. The zero-order valence-corrected chi connectivity index (χ0v) is 18.8. The molecule has 2 heterocycles. The van der Waals surface area contributed by atoms with Crippen molar-refractivity contribution in [1.82, 2.24) is 9.80 Å². The zero-order valence-electron chi connectivity index (χ0n) is 18.8. The lowest BCUT2D eigenvalue weighted by molar-refractivity contribution is 0.00578. The Morgan fingerprint density at radius 3 is 2.03 bits per heavy atom. The second kappa shape index (κ2) is 8.98. The third kappa shape index (κ3) is 4.81. The monoisotopic (exact) mass is 416 g/mol. The van der Waals surface area contributed by atoms with Crippen LogP contribution < -0.4 is 5.46 Å². The molecule has 0 aliphatic carbocycles. The van der Waals surface area contributed by atoms with Gasteiger partial charge < -0.3 is 23.8 Å². The van der Waals surface area contributed by atoms with Crippen molar-refractivity contribution >= 4 is 24.6 Å². The third-order valence-electron chi connectivity index (χ3n) is 6.23. The van der Waals surface area contributed by atoms with Gasteiger partial charge in [-0.15, -0.1) is 0 Å². The molecule has 2 fully saturated rings. The minimum Gasteiger partial charge on any atom is -0.449 e. The SMILES string of the molecule is CCCCOC(=O)N1CCN(C(=O)c2ccc(B3OC(C)(C)C(C)(C)O3)cc2)CC1. The predicted octanol–water partition coefficient (Wildman–Crippen LogP) is 2.68. The molecule has 7 nitrogen and oxygen atoms in total. The molecule has 1 aromatic rings. The van der Waals surface area contributed by atoms with Crippen molar-refractivity contribution in [2.45, 2.75) is 58.7 Å². The molecule has 0 saturated carbocycles. The summed E-state index contributed by atoms with van der Waals surface area (Å²) in [5.41, 5.74) is 0.714. The number of nitrogens with zero attached hydrogens (tertiary/aromatic N) is 2. The average Bonchev–Trinajstić information content (AvgIpc) is 2.95. The van der Waals surface area contributed by atoms with Crippen LogP contribution in [0.25, 0.3) is 0 Å². The van der Waals surface area contributed by atoms with Crippen LogP contribution in [0.4, 0.5) is 4.79 Å². The molecule has 2 amide bonds. The molecule has 2 saturated heterocycles. The first-order valence-corrected chi connectivity index (χ1v) is 10.8. The lowest BCUT2D eigenvalue weighted by Gasteiger charge is -2.34. The highest BCUT2D eigenvalue weighted by atomic mass is 16.7. The third-order valence-corrected chi connectivity index (χ3v) is 6.23. The molecule has 8 heteroatoms. The Morgan fingerprint density at radius 2 is 1.50 bits per heavy atom. The Hall–Kier alpha value is -2.06. The highest BCUT2D eigenvalue weighted by molar-refractivity contribution is 6.62. The second-order valence-corrected chi connectivity index (χ2v) is 8.96. The summed E-state index contributed by atoms with van der Waals surface area (Å²) in [7, 11) is -0.443. The topological polar surface area (TPSA) is 68.3 Å². The summed E-state index contributed by atoms with van der Waals surface area (Å²) >= 11 is 0. The Balaban J connectivity index is 1.54. The van der Waals surface area contributed by atoms with Gasteiger partial charge in [-0.2, -0.15) is 0 Å². The fourth-order valence-corrected chi connectivity index (χ4v) is 3.43. The van der Waals surface area contributed by atoms with E-state index in [1.165, 1.54) is 0 Å². The molecular weight excluding hydrogens is 383 g/mol. The number of benzene rings is 1. The fourth-order valence-electron chi connectivity index (χ4n) is 3.43. The maximum Gasteiger partial charge on any atom is 0.494 e. The number of carbonyl (C=O) groups excluding carboxylic acids is 2. The Labute approximate surface area is 179 Å². The van der Waals surface area contributed by atoms with E-state index in [9.17, 15) is 9.59 Å². The van der Waals surface area contributed by atoms with E-state index in [0.29, 0.717) is 38.3 Å². The smallest absolute Gasteiger partial charge is 0.449 e. The fraction of sp³-hybridized carbons (Fsp3) is 0.636. The largest absolute Gasteiger partial charge is 0.494 e. The van der Waals surface area contributed by atoms with E-state index in [1.54, 1.807) is 9.80 Å². The van der Waals surface area contributed by atoms with Crippen molar-refractivity contribution < 1.29 is 23.6 Å². The van der Waals surface area contributed by atoms with Crippen LogP contribution in [0.15, 0.2) is 24.3 Å². The van der Waals surface area contributed by atoms with Crippen molar-refractivity contribution in [2.75, 3.05) is 32.8 Å². The van der Waals surface area contributed by atoms with Crippen LogP contribution >= 0.6 is 0 Å². The summed E-state index contributed by atoms with van der Waals surface area (Å²) in [6, 6.07) is 7.40. The summed E-state index contributed by atoms with van der Waals surface area (Å²) in [6.45, 7) is 12.6. The van der Waals surface area contributed by atoms with Crippen LogP contribution in [-0.4, -0.2) is 72.9 Å². The lowest BCUT2D eigenvalue weighted by atomic mass is 9.79. The summed E-state index contributed by atoms with van der Waals surface area (Å²) in [6.07, 6.45) is 1.57. The Kier molecular flexibility index (Phi) is 6.77. The first-order valence-electron chi connectivity index (χ1n) is 10.8. The number of piperazine rings is 1. The molecule has 0 aromatic heterocycles. The molecule has 164 valence electrons. The maximum absolute atomic E-state index is 12.9. The van der Waals surface area contributed by atoms with E-state index in [1.807, 2.05) is 52.0 Å². The van der Waals surface area contributed by atoms with Crippen LogP contribution in [0.2, 0.25) is 0 Å². The Bertz CT molecular complexity index is 741. The van der Waals surface area contributed by atoms with Crippen molar-refractivity contribution in [1.29, 1.82) is 0 Å². The van der Waals surface area contributed by atoms with Gasteiger partial charge in [0.2, 0.25) is 0 Å². The van der Waals surface area contributed by atoms with E-state index >= 15 is 0 Å². The van der Waals surface area contributed by atoms with E-state index in [2.05, 4.69) is 6.92 Å². The predicted molar refractivity (Wildman–Crippen MR) is 116 cm³/mol. The van der Waals surface area contributed by atoms with Gasteiger partial charge in [-0.3, -0.25) is 4.79 Å². The van der Waals surface area contributed by atoms with Gasteiger partial charge in [0, 0.05) is 31.7 Å². The second-order valence-electron chi connectivity index (χ2n) is 8.96. The van der Waals surface area contributed by atoms with E-state index < -0.39 is 18.3 Å². The molecule has 0 spiro atoms. The van der Waals surface area contributed by atoms with Crippen molar-refractivity contribution in [3.05, 3.63) is 29.8 Å². The molecule has 2 aliphatic rings. The summed E-state index contributed by atoms with van der Waals surface area (Å²) in [5, 5.41) is 0. The first kappa shape index (κ1) is 22.6. The minimum absolute atomic E-state index is 0.0329. The first-order chi connectivity index (χ1) is 14.1. The van der Waals surface area contributed by atoms with Gasteiger partial charge in [0.05, 0.1) is 17.8 Å². The van der Waals surface area contributed by atoms with E-state index in [-0.39, 0.29) is 12.0 Å². The van der Waals surface area contributed by atoms with Crippen LogP contribution in [0.3, 0.4) is 0 Å². The lowest BCUT2D eigenvalue weighted by Crippen LogP contribution is -2.50. The number of hydrogen-bond donors (Lipinski definition) is 0. The summed E-state index contributed by atoms with van der Waals surface area (Å²) < 4.78 is 17.4. The van der Waals surface area contributed by atoms with Gasteiger partial charge >= 0.3 is 13.2 Å². The van der Waals surface area contributed by atoms with Gasteiger partial charge in [-0.25, -0.2) is 4.79 Å². The van der Waals surface area contributed by atoms with Gasteiger partial charge in [0.1, 0.15) is 0 Å². The van der Waals surface area contributed by atoms with Crippen LogP contribution in [0, 0.1) is 0 Å². The quantitative estimate of drug-likeness (QED) is 0.546. The molecule has 1 aromatic carbocycles. The van der Waals surface area contributed by atoms with Crippen molar-refractivity contribution in [3.8, 4) is 0 Å². The standard InChI is InChI=1S/C22H33BN2O5/c1-6-7-16-28-20(27)25-14-12-24(13-15-25)19(26)17-8-10-18(11-9-17)23-29-21(2,3)22(4,5)30-23/h8-11H,6-7,12-16H2,1-5H3. The van der Waals surface area contributed by atoms with Gasteiger partial charge in [-0.1, -0.05) is 25.5 Å². The highest BCUT2D eigenvalue weighted by Crippen LogP contribution is 2.36. The summed E-state index contributed by atoms with van der Waals surface area (Å²) in [4.78, 5) is 28.4.